The third-order valence-electron chi connectivity index (χ3n) is 5.09. The van der Waals surface area contributed by atoms with Crippen LogP contribution in [0.15, 0.2) is 24.3 Å². The van der Waals surface area contributed by atoms with Crippen LogP contribution in [0.2, 0.25) is 0 Å². The van der Waals surface area contributed by atoms with Gasteiger partial charge in [0.05, 0.1) is 26.4 Å². The third kappa shape index (κ3) is 7.40. The van der Waals surface area contributed by atoms with Crippen molar-refractivity contribution in [1.29, 1.82) is 0 Å². The molecule has 0 atom stereocenters. The van der Waals surface area contributed by atoms with Gasteiger partial charge in [-0.15, -0.1) is 0 Å². The molecule has 2 saturated heterocycles. The van der Waals surface area contributed by atoms with E-state index in [0.29, 0.717) is 32.8 Å². The Morgan fingerprint density at radius 2 is 1.59 bits per heavy atom. The Kier molecular flexibility index (Phi) is 8.87. The van der Waals surface area contributed by atoms with Crippen LogP contribution >= 0.6 is 0 Å². The van der Waals surface area contributed by atoms with E-state index in [1.165, 1.54) is 0 Å². The average Bonchev–Trinajstić information content (AvgIpc) is 2.76. The lowest BCUT2D eigenvalue weighted by atomic mass is 10.0. The smallest absolute Gasteiger partial charge is 0.422 e. The normalized spacial score (nSPS) is 27.1. The summed E-state index contributed by atoms with van der Waals surface area (Å²) in [5.74, 6) is -3.27. The molecule has 0 amide bonds. The molecule has 0 bridgehead atoms. The fraction of sp³-hybridized carbons (Fsp3) is 0.636. The number of rotatable bonds is 8. The monoisotopic (exact) mass is 466 g/mol. The zero-order valence-corrected chi connectivity index (χ0v) is 17.7. The molecule has 32 heavy (non-hydrogen) atoms. The molecule has 0 saturated carbocycles. The molecule has 0 aliphatic carbocycles. The molecule has 0 spiro atoms. The number of benzene rings is 1. The first kappa shape index (κ1) is 24.9. The van der Waals surface area contributed by atoms with E-state index >= 15 is 0 Å². The zero-order valence-electron chi connectivity index (χ0n) is 17.7. The van der Waals surface area contributed by atoms with Crippen LogP contribution in [0.25, 0.3) is 0 Å². The molecule has 2 heterocycles. The van der Waals surface area contributed by atoms with Gasteiger partial charge in [-0.3, -0.25) is 0 Å². The number of allylic oxidation sites excluding steroid dienone is 1. The molecule has 0 aromatic heterocycles. The first-order valence-electron chi connectivity index (χ1n) is 10.6. The van der Waals surface area contributed by atoms with Crippen molar-refractivity contribution in [2.24, 2.45) is 11.8 Å². The maximum atomic E-state index is 14.1. The van der Waals surface area contributed by atoms with Crippen LogP contribution < -0.4 is 4.74 Å². The second-order valence-electron chi connectivity index (χ2n) is 7.85. The largest absolute Gasteiger partial charge is 0.478 e. The molecular weight excluding hydrogens is 439 g/mol. The maximum absolute atomic E-state index is 14.1. The molecular formula is C22H27F5O5. The predicted molar refractivity (Wildman–Crippen MR) is 104 cm³/mol. The van der Waals surface area contributed by atoms with Crippen LogP contribution in [0.4, 0.5) is 22.0 Å². The van der Waals surface area contributed by atoms with Crippen LogP contribution in [0.3, 0.4) is 0 Å². The van der Waals surface area contributed by atoms with Gasteiger partial charge < -0.3 is 23.7 Å². The third-order valence-corrected chi connectivity index (χ3v) is 5.09. The molecule has 0 radical (unpaired) electrons. The molecule has 10 heteroatoms. The van der Waals surface area contributed by atoms with E-state index in [1.54, 1.807) is 0 Å². The highest BCUT2D eigenvalue weighted by Crippen LogP contribution is 2.32. The molecule has 2 aliphatic heterocycles. The minimum Gasteiger partial charge on any atom is -0.478 e. The fourth-order valence-corrected chi connectivity index (χ4v) is 3.45. The van der Waals surface area contributed by atoms with Gasteiger partial charge in [0.2, 0.25) is 0 Å². The van der Waals surface area contributed by atoms with Crippen LogP contribution in [0.1, 0.15) is 38.0 Å². The zero-order chi connectivity index (χ0) is 23.1. The van der Waals surface area contributed by atoms with Crippen molar-refractivity contribution in [3.8, 4) is 5.75 Å². The summed E-state index contributed by atoms with van der Waals surface area (Å²) in [7, 11) is 0. The number of halogens is 5. The summed E-state index contributed by atoms with van der Waals surface area (Å²) in [6.45, 7) is 2.10. The van der Waals surface area contributed by atoms with E-state index in [9.17, 15) is 22.0 Å². The van der Waals surface area contributed by atoms with Crippen LogP contribution in [-0.2, 0) is 18.9 Å². The molecule has 5 nitrogen and oxygen atoms in total. The van der Waals surface area contributed by atoms with Crippen LogP contribution in [-0.4, -0.2) is 45.5 Å². The highest BCUT2D eigenvalue weighted by molar-refractivity contribution is 5.32. The summed E-state index contributed by atoms with van der Waals surface area (Å²) in [6, 6.07) is 1.71. The first-order chi connectivity index (χ1) is 15.2. The van der Waals surface area contributed by atoms with E-state index in [2.05, 4.69) is 23.8 Å². The van der Waals surface area contributed by atoms with Crippen molar-refractivity contribution in [2.45, 2.75) is 44.9 Å². The second kappa shape index (κ2) is 11.4. The van der Waals surface area contributed by atoms with Crippen molar-refractivity contribution in [2.75, 3.05) is 33.0 Å². The van der Waals surface area contributed by atoms with E-state index in [-0.39, 0.29) is 23.7 Å². The first-order valence-corrected chi connectivity index (χ1v) is 10.6. The summed E-state index contributed by atoms with van der Waals surface area (Å²) in [6.07, 6.45) is 0.541. The van der Waals surface area contributed by atoms with Gasteiger partial charge in [0.25, 0.3) is 0 Å². The Hall–Kier alpha value is -1.75. The van der Waals surface area contributed by atoms with Gasteiger partial charge >= 0.3 is 6.18 Å². The molecule has 2 fully saturated rings. The highest BCUT2D eigenvalue weighted by atomic mass is 19.4. The number of ether oxygens (including phenoxy) is 5. The number of hydrogen-bond donors (Lipinski definition) is 0. The van der Waals surface area contributed by atoms with Crippen molar-refractivity contribution in [1.82, 2.24) is 0 Å². The molecule has 1 aromatic carbocycles. The molecule has 1 aromatic rings. The summed E-state index contributed by atoms with van der Waals surface area (Å²) >= 11 is 0. The van der Waals surface area contributed by atoms with E-state index < -0.39 is 36.5 Å². The molecule has 3 rings (SSSR count). The SMILES string of the molecule is CC/C=C/C1COC(CC[C@H]2CO[C@H](c3cc(F)c(OCC(F)(F)F)c(F)c3)OC2)OC1. The lowest BCUT2D eigenvalue weighted by Gasteiger charge is -2.32. The fourth-order valence-electron chi connectivity index (χ4n) is 3.45. The molecule has 0 N–H and O–H groups in total. The topological polar surface area (TPSA) is 46.2 Å². The quantitative estimate of drug-likeness (QED) is 0.384. The van der Waals surface area contributed by atoms with Gasteiger partial charge in [0, 0.05) is 17.4 Å². The van der Waals surface area contributed by atoms with Gasteiger partial charge in [-0.25, -0.2) is 8.78 Å². The summed E-state index contributed by atoms with van der Waals surface area (Å²) in [5.41, 5.74) is 0.0305. The predicted octanol–water partition coefficient (Wildman–Crippen LogP) is 5.30. The van der Waals surface area contributed by atoms with E-state index in [0.717, 1.165) is 25.0 Å². The Labute approximate surface area is 183 Å². The molecule has 2 aliphatic rings. The van der Waals surface area contributed by atoms with Crippen LogP contribution in [0.5, 0.6) is 5.75 Å². The summed E-state index contributed by atoms with van der Waals surface area (Å²) < 4.78 is 91.6. The highest BCUT2D eigenvalue weighted by Gasteiger charge is 2.31. The van der Waals surface area contributed by atoms with E-state index in [4.69, 9.17) is 18.9 Å². The lowest BCUT2D eigenvalue weighted by molar-refractivity contribution is -0.217. The average molecular weight is 466 g/mol. The standard InChI is InChI=1S/C22H27F5O5/c1-2-3-4-14-9-28-19(29-10-14)6-5-15-11-30-21(31-12-15)16-7-17(23)20(18(24)8-16)32-13-22(25,26)27/h3-4,7-8,14-15,19,21H,2,5-6,9-13H2,1H3/b4-3+/t14?,15-,19?,21-. The molecule has 0 unspecified atom stereocenters. The Morgan fingerprint density at radius 1 is 0.969 bits per heavy atom. The maximum Gasteiger partial charge on any atom is 0.422 e. The summed E-state index contributed by atoms with van der Waals surface area (Å²) in [4.78, 5) is 0. The van der Waals surface area contributed by atoms with Gasteiger partial charge in [-0.2, -0.15) is 13.2 Å². The minimum absolute atomic E-state index is 0.0305. The summed E-state index contributed by atoms with van der Waals surface area (Å²) in [5, 5.41) is 0. The van der Waals surface area contributed by atoms with Gasteiger partial charge in [-0.1, -0.05) is 19.1 Å². The van der Waals surface area contributed by atoms with Crippen LogP contribution in [0, 0.1) is 23.5 Å². The van der Waals surface area contributed by atoms with E-state index in [1.807, 2.05) is 0 Å². The Morgan fingerprint density at radius 3 is 2.16 bits per heavy atom. The van der Waals surface area contributed by atoms with Gasteiger partial charge in [0.15, 0.2) is 36.6 Å². The van der Waals surface area contributed by atoms with Crippen molar-refractivity contribution in [3.05, 3.63) is 41.5 Å². The van der Waals surface area contributed by atoms with Gasteiger partial charge in [-0.05, 0) is 31.4 Å². The van der Waals surface area contributed by atoms with Crippen molar-refractivity contribution < 1.29 is 45.6 Å². The Bertz CT molecular complexity index is 731. The van der Waals surface area contributed by atoms with Crippen molar-refractivity contribution >= 4 is 0 Å². The second-order valence-corrected chi connectivity index (χ2v) is 7.85. The minimum atomic E-state index is -4.70. The lowest BCUT2D eigenvalue weighted by Crippen LogP contribution is -2.33. The Balaban J connectivity index is 1.43. The number of hydrogen-bond acceptors (Lipinski definition) is 5. The van der Waals surface area contributed by atoms with Crippen molar-refractivity contribution in [3.63, 3.8) is 0 Å². The number of alkyl halides is 3. The molecule has 180 valence electrons. The van der Waals surface area contributed by atoms with Gasteiger partial charge in [0.1, 0.15) is 0 Å².